The summed E-state index contributed by atoms with van der Waals surface area (Å²) in [6.07, 6.45) is 4.66. The highest BCUT2D eigenvalue weighted by molar-refractivity contribution is 5.92. The molecule has 124 valence electrons. The monoisotopic (exact) mass is 315 g/mol. The molecule has 0 aromatic carbocycles. The number of fused-ring (bicyclic) bond motifs is 1. The number of nitrogens with zero attached hydrogens (tertiary/aromatic N) is 4. The van der Waals surface area contributed by atoms with Crippen LogP contribution in [0.15, 0.2) is 24.7 Å². The smallest absolute Gasteiger partial charge is 0.270 e. The van der Waals surface area contributed by atoms with Gasteiger partial charge in [0.15, 0.2) is 0 Å². The Hall–Kier alpha value is -2.08. The fourth-order valence-corrected chi connectivity index (χ4v) is 2.87. The van der Waals surface area contributed by atoms with Gasteiger partial charge in [-0.2, -0.15) is 0 Å². The molecule has 2 aromatic rings. The van der Waals surface area contributed by atoms with E-state index < -0.39 is 0 Å². The van der Waals surface area contributed by atoms with Crippen LogP contribution in [0.5, 0.6) is 0 Å². The Morgan fingerprint density at radius 2 is 2.26 bits per heavy atom. The van der Waals surface area contributed by atoms with Crippen molar-refractivity contribution < 1.29 is 4.79 Å². The summed E-state index contributed by atoms with van der Waals surface area (Å²) in [6.45, 7) is 7.48. The maximum atomic E-state index is 12.6. The molecule has 1 amide bonds. The third-order valence-electron chi connectivity index (χ3n) is 4.60. The van der Waals surface area contributed by atoms with Crippen LogP contribution >= 0.6 is 0 Å². The fraction of sp³-hybridized carbons (Fsp3) is 0.529. The van der Waals surface area contributed by atoms with E-state index in [2.05, 4.69) is 40.3 Å². The van der Waals surface area contributed by atoms with Crippen LogP contribution in [0, 0.1) is 0 Å². The molecule has 3 rings (SSSR count). The van der Waals surface area contributed by atoms with Crippen molar-refractivity contribution in [2.75, 3.05) is 13.6 Å². The molecule has 23 heavy (non-hydrogen) atoms. The van der Waals surface area contributed by atoms with E-state index in [-0.39, 0.29) is 5.91 Å². The van der Waals surface area contributed by atoms with Gasteiger partial charge in [-0.15, -0.1) is 0 Å². The van der Waals surface area contributed by atoms with Crippen molar-refractivity contribution in [2.45, 2.75) is 45.9 Å². The van der Waals surface area contributed by atoms with E-state index in [1.165, 1.54) is 0 Å². The number of aromatic nitrogens is 3. The maximum Gasteiger partial charge on any atom is 0.270 e. The van der Waals surface area contributed by atoms with E-state index in [1.54, 1.807) is 6.20 Å². The van der Waals surface area contributed by atoms with Crippen molar-refractivity contribution in [2.24, 2.45) is 0 Å². The fourth-order valence-electron chi connectivity index (χ4n) is 2.87. The maximum absolute atomic E-state index is 12.6. The number of carbonyl (C=O) groups excluding carboxylic acids is 1. The molecule has 6 heteroatoms. The molecule has 1 N–H and O–H groups in total. The quantitative estimate of drug-likeness (QED) is 0.940. The Morgan fingerprint density at radius 3 is 2.96 bits per heavy atom. The summed E-state index contributed by atoms with van der Waals surface area (Å²) in [4.78, 5) is 24.4. The van der Waals surface area contributed by atoms with Crippen molar-refractivity contribution in [3.63, 3.8) is 0 Å². The molecule has 0 aliphatic carbocycles. The largest absolute Gasteiger partial charge is 0.357 e. The lowest BCUT2D eigenvalue weighted by molar-refractivity contribution is 0.0739. The standard InChI is InChI=1S/C17H25N5O/c1-13(2)20(3)10-15-16-11-21(8-5-9-22(16)12-19-15)17(23)14-6-4-7-18-14/h4,6-7,12-13,18H,5,8-11H2,1-3H3. The van der Waals surface area contributed by atoms with E-state index in [9.17, 15) is 4.79 Å². The van der Waals surface area contributed by atoms with Crippen LogP contribution in [0.4, 0.5) is 0 Å². The number of H-pyrrole nitrogens is 1. The third-order valence-corrected chi connectivity index (χ3v) is 4.60. The normalized spacial score (nSPS) is 15.1. The summed E-state index contributed by atoms with van der Waals surface area (Å²) in [6, 6.07) is 4.16. The number of amides is 1. The van der Waals surface area contributed by atoms with Crippen LogP contribution < -0.4 is 0 Å². The summed E-state index contributed by atoms with van der Waals surface area (Å²) in [5.74, 6) is 0.0628. The summed E-state index contributed by atoms with van der Waals surface area (Å²) < 4.78 is 2.20. The van der Waals surface area contributed by atoms with Crippen LogP contribution in [0.3, 0.4) is 0 Å². The molecule has 0 unspecified atom stereocenters. The van der Waals surface area contributed by atoms with Gasteiger partial charge in [-0.25, -0.2) is 4.98 Å². The molecule has 3 heterocycles. The SMILES string of the molecule is CC(C)N(C)Cc1ncn2c1CN(C(=O)c1ccc[nH]1)CCC2. The van der Waals surface area contributed by atoms with E-state index in [4.69, 9.17) is 0 Å². The number of nitrogens with one attached hydrogen (secondary N) is 1. The zero-order chi connectivity index (χ0) is 16.4. The minimum Gasteiger partial charge on any atom is -0.357 e. The molecule has 0 saturated carbocycles. The van der Waals surface area contributed by atoms with Gasteiger partial charge in [-0.3, -0.25) is 9.69 Å². The van der Waals surface area contributed by atoms with Gasteiger partial charge in [0.05, 0.1) is 24.3 Å². The lowest BCUT2D eigenvalue weighted by atomic mass is 10.2. The van der Waals surface area contributed by atoms with Crippen molar-refractivity contribution in [3.8, 4) is 0 Å². The van der Waals surface area contributed by atoms with Gasteiger partial charge in [-0.1, -0.05) is 0 Å². The average Bonchev–Trinajstić information content (AvgIpc) is 3.12. The molecule has 0 spiro atoms. The number of hydrogen-bond donors (Lipinski definition) is 1. The second-order valence-electron chi connectivity index (χ2n) is 6.50. The minimum atomic E-state index is 0.0628. The van der Waals surface area contributed by atoms with Gasteiger partial charge in [0, 0.05) is 31.9 Å². The van der Waals surface area contributed by atoms with Crippen LogP contribution in [0.1, 0.15) is 42.1 Å². The van der Waals surface area contributed by atoms with Gasteiger partial charge in [0.1, 0.15) is 5.69 Å². The molecule has 0 fully saturated rings. The number of imidazole rings is 1. The van der Waals surface area contributed by atoms with Crippen LogP contribution in [0.25, 0.3) is 0 Å². The lowest BCUT2D eigenvalue weighted by Gasteiger charge is -2.23. The van der Waals surface area contributed by atoms with E-state index in [0.717, 1.165) is 37.4 Å². The highest BCUT2D eigenvalue weighted by Crippen LogP contribution is 2.19. The van der Waals surface area contributed by atoms with Crippen molar-refractivity contribution >= 4 is 5.91 Å². The van der Waals surface area contributed by atoms with Gasteiger partial charge in [0.25, 0.3) is 5.91 Å². The summed E-state index contributed by atoms with van der Waals surface area (Å²) in [5, 5.41) is 0. The Balaban J connectivity index is 1.81. The Bertz CT molecular complexity index is 659. The van der Waals surface area contributed by atoms with E-state index in [1.807, 2.05) is 23.4 Å². The first kappa shape index (κ1) is 15.8. The number of hydrogen-bond acceptors (Lipinski definition) is 3. The molecule has 0 atom stereocenters. The van der Waals surface area contributed by atoms with Crippen LogP contribution in [-0.4, -0.2) is 49.9 Å². The summed E-state index contributed by atoms with van der Waals surface area (Å²) in [5.41, 5.74) is 2.89. The van der Waals surface area contributed by atoms with Gasteiger partial charge in [0.2, 0.25) is 0 Å². The molecular formula is C17H25N5O. The first-order chi connectivity index (χ1) is 11.1. The van der Waals surface area contributed by atoms with Crippen molar-refractivity contribution in [1.82, 2.24) is 24.3 Å². The number of aryl methyl sites for hydroxylation is 1. The zero-order valence-electron chi connectivity index (χ0n) is 14.1. The second-order valence-corrected chi connectivity index (χ2v) is 6.50. The Kier molecular flexibility index (Phi) is 4.52. The van der Waals surface area contributed by atoms with Gasteiger partial charge in [-0.05, 0) is 39.4 Å². The van der Waals surface area contributed by atoms with Gasteiger partial charge < -0.3 is 14.5 Å². The molecule has 6 nitrogen and oxygen atoms in total. The predicted molar refractivity (Wildman–Crippen MR) is 89.0 cm³/mol. The molecule has 1 aliphatic rings. The highest BCUT2D eigenvalue weighted by Gasteiger charge is 2.24. The van der Waals surface area contributed by atoms with Crippen molar-refractivity contribution in [1.29, 1.82) is 0 Å². The predicted octanol–water partition coefficient (Wildman–Crippen LogP) is 2.10. The Morgan fingerprint density at radius 1 is 1.43 bits per heavy atom. The van der Waals surface area contributed by atoms with Gasteiger partial charge >= 0.3 is 0 Å². The Labute approximate surface area is 137 Å². The topological polar surface area (TPSA) is 57.2 Å². The highest BCUT2D eigenvalue weighted by atomic mass is 16.2. The van der Waals surface area contributed by atoms with Crippen LogP contribution in [0.2, 0.25) is 0 Å². The molecule has 0 saturated heterocycles. The summed E-state index contributed by atoms with van der Waals surface area (Å²) >= 11 is 0. The molecule has 0 bridgehead atoms. The summed E-state index contributed by atoms with van der Waals surface area (Å²) in [7, 11) is 2.11. The van der Waals surface area contributed by atoms with Crippen LogP contribution in [-0.2, 0) is 19.6 Å². The molecule has 2 aromatic heterocycles. The number of aromatic amines is 1. The minimum absolute atomic E-state index is 0.0628. The second kappa shape index (κ2) is 6.58. The third kappa shape index (κ3) is 3.32. The lowest BCUT2D eigenvalue weighted by Crippen LogP contribution is -2.32. The van der Waals surface area contributed by atoms with E-state index >= 15 is 0 Å². The average molecular weight is 315 g/mol. The molecule has 0 radical (unpaired) electrons. The van der Waals surface area contributed by atoms with E-state index in [0.29, 0.717) is 18.3 Å². The first-order valence-electron chi connectivity index (χ1n) is 8.22. The number of rotatable bonds is 4. The molecule has 1 aliphatic heterocycles. The first-order valence-corrected chi connectivity index (χ1v) is 8.22. The molecular weight excluding hydrogens is 290 g/mol. The van der Waals surface area contributed by atoms with Crippen molar-refractivity contribution in [3.05, 3.63) is 41.7 Å². The number of carbonyl (C=O) groups is 1. The zero-order valence-corrected chi connectivity index (χ0v) is 14.1.